The maximum Gasteiger partial charge on any atom is 0.281 e. The number of hydrogen-bond donors (Lipinski definition) is 1. The van der Waals surface area contributed by atoms with E-state index in [0.717, 1.165) is 4.63 Å². The molecule has 1 N–H and O–H groups in total. The number of benzene rings is 1. The van der Waals surface area contributed by atoms with Crippen molar-refractivity contribution in [3.8, 4) is 0 Å². The van der Waals surface area contributed by atoms with Crippen LogP contribution < -0.4 is 5.56 Å². The summed E-state index contributed by atoms with van der Waals surface area (Å²) in [6, 6.07) is 6.83. The van der Waals surface area contributed by atoms with Crippen molar-refractivity contribution in [3.63, 3.8) is 0 Å². The maximum atomic E-state index is 12.5. The molecule has 138 valence electrons. The highest BCUT2D eigenvalue weighted by molar-refractivity contribution is 6.33. The summed E-state index contributed by atoms with van der Waals surface area (Å²) in [4.78, 5) is 16.7. The van der Waals surface area contributed by atoms with Crippen LogP contribution in [0.3, 0.4) is 0 Å². The predicted molar refractivity (Wildman–Crippen MR) is 95.8 cm³/mol. The molecule has 3 aromatic heterocycles. The van der Waals surface area contributed by atoms with Gasteiger partial charge in [-0.3, -0.25) is 9.36 Å². The number of rotatable bonds is 5. The van der Waals surface area contributed by atoms with E-state index in [1.807, 2.05) is 0 Å². The third-order valence-corrected chi connectivity index (χ3v) is 4.44. The van der Waals surface area contributed by atoms with Gasteiger partial charge in [0.15, 0.2) is 11.3 Å². The van der Waals surface area contributed by atoms with Crippen molar-refractivity contribution >= 4 is 28.7 Å². The summed E-state index contributed by atoms with van der Waals surface area (Å²) < 4.78 is 7.62. The van der Waals surface area contributed by atoms with Crippen molar-refractivity contribution in [2.24, 2.45) is 0 Å². The average molecular weight is 407 g/mol. The lowest BCUT2D eigenvalue weighted by molar-refractivity contribution is 0.164. The first-order chi connectivity index (χ1) is 13.0. The summed E-state index contributed by atoms with van der Waals surface area (Å²) in [6.45, 7) is 0.0460. The predicted octanol–water partition coefficient (Wildman–Crippen LogP) is 1.91. The molecule has 0 radical (unpaired) electrons. The molecule has 3 heterocycles. The fraction of sp³-hybridized carbons (Fsp3) is 0.188. The summed E-state index contributed by atoms with van der Waals surface area (Å²) in [5.41, 5.74) is 0.474. The van der Waals surface area contributed by atoms with Crippen molar-refractivity contribution in [1.82, 2.24) is 29.5 Å². The van der Waals surface area contributed by atoms with E-state index in [1.165, 1.54) is 17.1 Å². The highest BCUT2D eigenvalue weighted by atomic mass is 35.5. The molecule has 1 unspecified atom stereocenters. The summed E-state index contributed by atoms with van der Waals surface area (Å²) in [6.07, 6.45) is 1.98. The second kappa shape index (κ2) is 7.10. The highest BCUT2D eigenvalue weighted by Crippen LogP contribution is 2.19. The van der Waals surface area contributed by atoms with Crippen LogP contribution in [-0.4, -0.2) is 34.6 Å². The molecule has 0 saturated heterocycles. The Kier molecular flexibility index (Phi) is 4.65. The molecule has 4 aromatic rings. The number of nitrogens with zero attached hydrogens (tertiary/aromatic N) is 6. The lowest BCUT2D eigenvalue weighted by Crippen LogP contribution is -2.24. The van der Waals surface area contributed by atoms with Gasteiger partial charge in [0.1, 0.15) is 6.33 Å². The van der Waals surface area contributed by atoms with Crippen LogP contribution in [0.25, 0.3) is 5.52 Å². The molecule has 0 spiro atoms. The largest absolute Gasteiger partial charge is 0.388 e. The van der Waals surface area contributed by atoms with Crippen molar-refractivity contribution < 1.29 is 9.63 Å². The van der Waals surface area contributed by atoms with Crippen LogP contribution in [0.4, 0.5) is 0 Å². The summed E-state index contributed by atoms with van der Waals surface area (Å²) in [5.74, 6) is 0.522. The van der Waals surface area contributed by atoms with Gasteiger partial charge in [0.05, 0.1) is 30.3 Å². The summed E-state index contributed by atoms with van der Waals surface area (Å²) in [7, 11) is 0. The van der Waals surface area contributed by atoms with Gasteiger partial charge in [0.2, 0.25) is 5.89 Å². The second-order valence-corrected chi connectivity index (χ2v) is 6.61. The topological polar surface area (TPSA) is 111 Å². The van der Waals surface area contributed by atoms with Crippen LogP contribution in [0.2, 0.25) is 10.0 Å². The van der Waals surface area contributed by atoms with Gasteiger partial charge >= 0.3 is 0 Å². The Labute approximate surface area is 161 Å². The molecule has 0 amide bonds. The smallest absolute Gasteiger partial charge is 0.281 e. The molecule has 0 aliphatic carbocycles. The minimum absolute atomic E-state index is 0.0460. The van der Waals surface area contributed by atoms with Crippen molar-refractivity contribution in [2.75, 3.05) is 0 Å². The lowest BCUT2D eigenvalue weighted by Gasteiger charge is -2.07. The van der Waals surface area contributed by atoms with E-state index in [4.69, 9.17) is 27.7 Å². The number of aromatic nitrogens is 6. The number of fused-ring (bicyclic) bond motifs is 1. The normalized spacial score (nSPS) is 12.6. The van der Waals surface area contributed by atoms with Gasteiger partial charge in [-0.1, -0.05) is 40.5 Å². The molecule has 4 rings (SSSR count). The zero-order valence-corrected chi connectivity index (χ0v) is 15.2. The molecule has 9 nitrogen and oxygen atoms in total. The fourth-order valence-corrected chi connectivity index (χ4v) is 2.89. The van der Waals surface area contributed by atoms with E-state index in [-0.39, 0.29) is 40.8 Å². The minimum Gasteiger partial charge on any atom is -0.388 e. The molecule has 0 saturated carbocycles. The Morgan fingerprint density at radius 2 is 1.96 bits per heavy atom. The van der Waals surface area contributed by atoms with E-state index in [1.54, 1.807) is 24.3 Å². The Morgan fingerprint density at radius 3 is 2.74 bits per heavy atom. The molecule has 1 atom stereocenters. The monoisotopic (exact) mass is 406 g/mol. The van der Waals surface area contributed by atoms with Gasteiger partial charge in [-0.05, 0) is 17.7 Å². The van der Waals surface area contributed by atoms with Crippen LogP contribution in [0, 0.1) is 0 Å². The Morgan fingerprint density at radius 1 is 1.19 bits per heavy atom. The third kappa shape index (κ3) is 3.57. The standard InChI is InChI=1S/C16H12Cl2N6O3/c17-10-3-1-9(2-4-10)12(25)5-14-21-13(22-27-14)7-23-8-20-24-15(16(23)26)11(18)6-19-24/h1-4,6,8,12,25H,5,7H2. The molecule has 0 fully saturated rings. The summed E-state index contributed by atoms with van der Waals surface area (Å²) in [5, 5.41) is 22.8. The van der Waals surface area contributed by atoms with Crippen LogP contribution in [-0.2, 0) is 13.0 Å². The molecule has 0 aliphatic heterocycles. The molecule has 0 bridgehead atoms. The number of aliphatic hydroxyl groups is 1. The van der Waals surface area contributed by atoms with E-state index in [0.29, 0.717) is 10.6 Å². The first-order valence-electron chi connectivity index (χ1n) is 7.85. The zero-order chi connectivity index (χ0) is 19.0. The van der Waals surface area contributed by atoms with Crippen molar-refractivity contribution in [2.45, 2.75) is 19.1 Å². The minimum atomic E-state index is -0.818. The third-order valence-electron chi connectivity index (χ3n) is 3.92. The first-order valence-corrected chi connectivity index (χ1v) is 8.61. The Balaban J connectivity index is 1.51. The van der Waals surface area contributed by atoms with E-state index in [2.05, 4.69) is 20.3 Å². The van der Waals surface area contributed by atoms with Gasteiger partial charge in [0, 0.05) is 5.02 Å². The summed E-state index contributed by atoms with van der Waals surface area (Å²) >= 11 is 11.8. The van der Waals surface area contributed by atoms with Crippen molar-refractivity contribution in [1.29, 1.82) is 0 Å². The second-order valence-electron chi connectivity index (χ2n) is 5.77. The molecular weight excluding hydrogens is 395 g/mol. The Hall–Kier alpha value is -2.75. The van der Waals surface area contributed by atoms with Crippen molar-refractivity contribution in [3.05, 3.63) is 74.5 Å². The van der Waals surface area contributed by atoms with Crippen LogP contribution in [0.5, 0.6) is 0 Å². The van der Waals surface area contributed by atoms with E-state index < -0.39 is 6.10 Å². The average Bonchev–Trinajstić information content (AvgIpc) is 3.25. The quantitative estimate of drug-likeness (QED) is 0.538. The zero-order valence-electron chi connectivity index (χ0n) is 13.7. The van der Waals surface area contributed by atoms with Crippen LogP contribution >= 0.6 is 23.2 Å². The molecule has 27 heavy (non-hydrogen) atoms. The van der Waals surface area contributed by atoms with E-state index >= 15 is 0 Å². The SMILES string of the molecule is O=c1c2c(Cl)cnn2ncn1Cc1noc(CC(O)c2ccc(Cl)cc2)n1. The highest BCUT2D eigenvalue weighted by Gasteiger charge is 2.16. The van der Waals surface area contributed by atoms with Gasteiger partial charge in [-0.15, -0.1) is 9.73 Å². The first kappa shape index (κ1) is 17.7. The van der Waals surface area contributed by atoms with Crippen LogP contribution in [0.15, 0.2) is 46.1 Å². The Bertz CT molecular complexity index is 1150. The maximum absolute atomic E-state index is 12.5. The molecule has 0 aliphatic rings. The molecule has 11 heteroatoms. The molecular formula is C16H12Cl2N6O3. The number of hydrogen-bond acceptors (Lipinski definition) is 7. The van der Waals surface area contributed by atoms with E-state index in [9.17, 15) is 9.90 Å². The van der Waals surface area contributed by atoms with Gasteiger partial charge in [-0.25, -0.2) is 0 Å². The van der Waals surface area contributed by atoms with Gasteiger partial charge in [0.25, 0.3) is 5.56 Å². The van der Waals surface area contributed by atoms with Crippen LogP contribution in [0.1, 0.15) is 23.4 Å². The van der Waals surface area contributed by atoms with Gasteiger partial charge in [-0.2, -0.15) is 10.1 Å². The lowest BCUT2D eigenvalue weighted by atomic mass is 10.1. The number of aliphatic hydroxyl groups excluding tert-OH is 1. The number of halogens is 2. The molecule has 1 aromatic carbocycles. The fourth-order valence-electron chi connectivity index (χ4n) is 2.57. The van der Waals surface area contributed by atoms with Gasteiger partial charge < -0.3 is 9.63 Å².